The van der Waals surface area contributed by atoms with Crippen molar-refractivity contribution >= 4 is 22.5 Å². The molecular formula is C34H30FN7O. The zero-order chi connectivity index (χ0) is 29.8. The number of pyridine rings is 1. The molecule has 0 amide bonds. The first-order valence-corrected chi connectivity index (χ1v) is 13.9. The molecule has 0 unspecified atom stereocenters. The summed E-state index contributed by atoms with van der Waals surface area (Å²) in [7, 11) is 1.56. The molecule has 214 valence electrons. The van der Waals surface area contributed by atoms with E-state index in [1.54, 1.807) is 44.2 Å². The van der Waals surface area contributed by atoms with Crippen LogP contribution in [0.5, 0.6) is 5.75 Å². The summed E-state index contributed by atoms with van der Waals surface area (Å²) in [6, 6.07) is 17.5. The Morgan fingerprint density at radius 2 is 1.53 bits per heavy atom. The number of aromatic nitrogens is 5. The second kappa shape index (κ2) is 12.3. The monoisotopic (exact) mass is 571 g/mol. The lowest BCUT2D eigenvalue weighted by molar-refractivity contribution is 0.402. The molecule has 0 fully saturated rings. The number of hydrogen-bond donors (Lipinski definition) is 2. The largest absolute Gasteiger partial charge is 0.496 e. The Labute approximate surface area is 249 Å². The van der Waals surface area contributed by atoms with Crippen LogP contribution in [-0.2, 0) is 13.1 Å². The molecule has 0 bridgehead atoms. The van der Waals surface area contributed by atoms with Gasteiger partial charge in [0, 0.05) is 60.9 Å². The maximum Gasteiger partial charge on any atom is 0.158 e. The molecule has 9 heteroatoms. The lowest BCUT2D eigenvalue weighted by Crippen LogP contribution is -2.15. The second-order valence-electron chi connectivity index (χ2n) is 10.2. The third kappa shape index (κ3) is 5.75. The van der Waals surface area contributed by atoms with Crippen molar-refractivity contribution in [2.24, 2.45) is 0 Å². The third-order valence-corrected chi connectivity index (χ3v) is 7.53. The van der Waals surface area contributed by atoms with E-state index in [2.05, 4.69) is 61.5 Å². The van der Waals surface area contributed by atoms with E-state index >= 15 is 4.39 Å². The van der Waals surface area contributed by atoms with E-state index in [0.29, 0.717) is 35.7 Å². The Bertz CT molecular complexity index is 1910. The molecule has 6 aromatic rings. The highest BCUT2D eigenvalue weighted by Gasteiger charge is 2.17. The van der Waals surface area contributed by atoms with Gasteiger partial charge in [-0.05, 0) is 71.5 Å². The zero-order valence-corrected chi connectivity index (χ0v) is 24.1. The second-order valence-corrected chi connectivity index (χ2v) is 10.2. The minimum absolute atomic E-state index is 0.305. The molecular weight excluding hydrogens is 541 g/mol. The smallest absolute Gasteiger partial charge is 0.158 e. The quantitative estimate of drug-likeness (QED) is 0.193. The molecule has 0 spiro atoms. The summed E-state index contributed by atoms with van der Waals surface area (Å²) >= 11 is 0. The number of fused-ring (bicyclic) bond motifs is 1. The summed E-state index contributed by atoms with van der Waals surface area (Å²) in [5.74, 6) is 0.805. The highest BCUT2D eigenvalue weighted by atomic mass is 19.1. The van der Waals surface area contributed by atoms with Gasteiger partial charge in [-0.3, -0.25) is 4.98 Å². The number of hydrogen-bond acceptors (Lipinski definition) is 8. The van der Waals surface area contributed by atoms with Crippen molar-refractivity contribution in [3.8, 4) is 28.0 Å². The minimum Gasteiger partial charge on any atom is -0.496 e. The van der Waals surface area contributed by atoms with Crippen molar-refractivity contribution in [3.63, 3.8) is 0 Å². The van der Waals surface area contributed by atoms with Gasteiger partial charge in [-0.2, -0.15) is 0 Å². The van der Waals surface area contributed by atoms with E-state index in [9.17, 15) is 0 Å². The van der Waals surface area contributed by atoms with Crippen LogP contribution in [-0.4, -0.2) is 32.0 Å². The number of benzene rings is 3. The fourth-order valence-corrected chi connectivity index (χ4v) is 5.29. The number of nitrogens with zero attached hydrogens (tertiary/aromatic N) is 5. The summed E-state index contributed by atoms with van der Waals surface area (Å²) < 4.78 is 21.2. The van der Waals surface area contributed by atoms with Gasteiger partial charge in [0.05, 0.1) is 12.6 Å². The van der Waals surface area contributed by atoms with Gasteiger partial charge in [-0.15, -0.1) is 0 Å². The molecule has 2 N–H and O–H groups in total. The van der Waals surface area contributed by atoms with E-state index in [-0.39, 0.29) is 5.82 Å². The van der Waals surface area contributed by atoms with Gasteiger partial charge in [0.1, 0.15) is 23.4 Å². The van der Waals surface area contributed by atoms with Crippen LogP contribution in [0.3, 0.4) is 0 Å². The van der Waals surface area contributed by atoms with E-state index < -0.39 is 0 Å². The van der Waals surface area contributed by atoms with E-state index in [4.69, 9.17) is 4.74 Å². The van der Waals surface area contributed by atoms with Gasteiger partial charge in [-0.25, -0.2) is 24.3 Å². The lowest BCUT2D eigenvalue weighted by atomic mass is 9.90. The Morgan fingerprint density at radius 1 is 0.791 bits per heavy atom. The predicted molar refractivity (Wildman–Crippen MR) is 166 cm³/mol. The van der Waals surface area contributed by atoms with Crippen LogP contribution in [0.1, 0.15) is 22.3 Å². The first kappa shape index (κ1) is 27.9. The van der Waals surface area contributed by atoms with Crippen molar-refractivity contribution < 1.29 is 9.13 Å². The van der Waals surface area contributed by atoms with Gasteiger partial charge in [0.25, 0.3) is 0 Å². The number of ether oxygens (including phenoxy) is 1. The average molecular weight is 572 g/mol. The Hall–Kier alpha value is -5.28. The SMILES string of the molecule is COc1cc(-c2cccc(-c3cccc(Nc4nccc5nccnc45)c3C)c2C)cc(F)c1CNCc1cncnc1. The molecule has 6 rings (SSSR count). The van der Waals surface area contributed by atoms with Gasteiger partial charge in [0.2, 0.25) is 0 Å². The first-order chi connectivity index (χ1) is 21.0. The van der Waals surface area contributed by atoms with Gasteiger partial charge < -0.3 is 15.4 Å². The standard InChI is InChI=1S/C34H30FN7O/c1-21-25(24-14-29(35)28(32(15-24)43-3)19-36-16-23-17-37-20-38-18-23)6-4-7-26(21)27-8-5-9-30(22(27)2)42-34-33-31(10-11-41-34)39-12-13-40-33/h4-15,17-18,20,36H,16,19H2,1-3H3,(H,41,42). The van der Waals surface area contributed by atoms with Crippen molar-refractivity contribution in [1.82, 2.24) is 30.2 Å². The van der Waals surface area contributed by atoms with Gasteiger partial charge in [0.15, 0.2) is 5.82 Å². The first-order valence-electron chi connectivity index (χ1n) is 13.9. The van der Waals surface area contributed by atoms with Crippen LogP contribution in [0, 0.1) is 19.7 Å². The van der Waals surface area contributed by atoms with Crippen LogP contribution in [0.2, 0.25) is 0 Å². The van der Waals surface area contributed by atoms with Crippen LogP contribution in [0.4, 0.5) is 15.9 Å². The van der Waals surface area contributed by atoms with Crippen molar-refractivity contribution in [2.75, 3.05) is 12.4 Å². The number of rotatable bonds is 9. The van der Waals surface area contributed by atoms with E-state index in [1.807, 2.05) is 36.4 Å². The van der Waals surface area contributed by atoms with Crippen LogP contribution in [0.15, 0.2) is 91.9 Å². The molecule has 3 aromatic heterocycles. The molecule has 8 nitrogen and oxygen atoms in total. The number of halogens is 1. The molecule has 0 saturated carbocycles. The van der Waals surface area contributed by atoms with Crippen molar-refractivity contribution in [2.45, 2.75) is 26.9 Å². The molecule has 0 saturated heterocycles. The molecule has 43 heavy (non-hydrogen) atoms. The number of nitrogens with one attached hydrogen (secondary N) is 2. The van der Waals surface area contributed by atoms with Crippen LogP contribution in [0.25, 0.3) is 33.3 Å². The number of methoxy groups -OCH3 is 1. The summed E-state index contributed by atoms with van der Waals surface area (Å²) in [6.45, 7) is 4.96. The molecule has 0 aliphatic rings. The molecule has 0 radical (unpaired) electrons. The van der Waals surface area contributed by atoms with Gasteiger partial charge >= 0.3 is 0 Å². The number of anilines is 2. The summed E-state index contributed by atoms with van der Waals surface area (Å²) in [5, 5.41) is 6.71. The Balaban J connectivity index is 1.30. The fraction of sp³-hybridized carbons (Fsp3) is 0.147. The molecule has 0 atom stereocenters. The third-order valence-electron chi connectivity index (χ3n) is 7.53. The molecule has 3 heterocycles. The van der Waals surface area contributed by atoms with Crippen LogP contribution < -0.4 is 15.4 Å². The fourth-order valence-electron chi connectivity index (χ4n) is 5.29. The average Bonchev–Trinajstić information content (AvgIpc) is 3.03. The minimum atomic E-state index is -0.330. The topological polar surface area (TPSA) is 97.7 Å². The summed E-state index contributed by atoms with van der Waals surface area (Å²) in [6.07, 6.45) is 10.00. The zero-order valence-electron chi connectivity index (χ0n) is 24.1. The maximum atomic E-state index is 15.5. The summed E-state index contributed by atoms with van der Waals surface area (Å²) in [5.41, 5.74) is 9.67. The van der Waals surface area contributed by atoms with Crippen molar-refractivity contribution in [1.29, 1.82) is 0 Å². The van der Waals surface area contributed by atoms with Crippen LogP contribution >= 0.6 is 0 Å². The normalized spacial score (nSPS) is 11.1. The highest BCUT2D eigenvalue weighted by Crippen LogP contribution is 2.38. The predicted octanol–water partition coefficient (Wildman–Crippen LogP) is 6.95. The maximum absolute atomic E-state index is 15.5. The Morgan fingerprint density at radius 3 is 2.35 bits per heavy atom. The molecule has 0 aliphatic heterocycles. The molecule has 3 aromatic carbocycles. The summed E-state index contributed by atoms with van der Waals surface area (Å²) in [4.78, 5) is 21.4. The van der Waals surface area contributed by atoms with E-state index in [0.717, 1.165) is 50.1 Å². The highest BCUT2D eigenvalue weighted by molar-refractivity contribution is 5.89. The molecule has 0 aliphatic carbocycles. The lowest BCUT2D eigenvalue weighted by Gasteiger charge is -2.18. The Kier molecular flexibility index (Phi) is 7.97. The van der Waals surface area contributed by atoms with Gasteiger partial charge in [-0.1, -0.05) is 30.3 Å². The van der Waals surface area contributed by atoms with E-state index in [1.165, 1.54) is 6.33 Å². The van der Waals surface area contributed by atoms with Crippen molar-refractivity contribution in [3.05, 3.63) is 120 Å².